The van der Waals surface area contributed by atoms with E-state index in [1.54, 1.807) is 7.11 Å². The number of hydrogen-bond donors (Lipinski definition) is 0. The molecule has 0 saturated carbocycles. The number of fused-ring (bicyclic) bond motifs is 5. The molecule has 2 aromatic carbocycles. The number of ether oxygens (including phenoxy) is 2. The van der Waals surface area contributed by atoms with Crippen molar-refractivity contribution in [2.24, 2.45) is 0 Å². The summed E-state index contributed by atoms with van der Waals surface area (Å²) in [4.78, 5) is 14.7. The van der Waals surface area contributed by atoms with Crippen LogP contribution in [-0.4, -0.2) is 13.8 Å². The summed E-state index contributed by atoms with van der Waals surface area (Å²) in [5, 5.41) is 1.50. The van der Waals surface area contributed by atoms with Gasteiger partial charge >= 0.3 is 5.63 Å². The van der Waals surface area contributed by atoms with Gasteiger partial charge in [-0.1, -0.05) is 17.7 Å². The second kappa shape index (κ2) is 6.74. The molecule has 3 aromatic rings. The third kappa shape index (κ3) is 2.73. The minimum absolute atomic E-state index is 0.231. The van der Waals surface area contributed by atoms with Gasteiger partial charge in [-0.05, 0) is 49.4 Å². The summed E-state index contributed by atoms with van der Waals surface area (Å²) in [6, 6.07) is 9.70. The average molecular weight is 398 g/mol. The van der Waals surface area contributed by atoms with Gasteiger partial charge in [-0.3, -0.25) is 0 Å². The topological polar surface area (TPSA) is 51.9 Å². The second-order valence-corrected chi connectivity index (χ2v) is 7.68. The van der Waals surface area contributed by atoms with Crippen molar-refractivity contribution in [2.45, 2.75) is 32.2 Å². The smallest absolute Gasteiger partial charge is 0.339 e. The highest BCUT2D eigenvalue weighted by atomic mass is 35.5. The lowest BCUT2D eigenvalue weighted by Crippen LogP contribution is -2.32. The molecule has 2 heterocycles. The summed E-state index contributed by atoms with van der Waals surface area (Å²) in [5.74, 6) is 1.38. The Morgan fingerprint density at radius 2 is 1.93 bits per heavy atom. The maximum absolute atomic E-state index is 12.6. The molecular weight excluding hydrogens is 378 g/mol. The van der Waals surface area contributed by atoms with E-state index in [1.165, 1.54) is 0 Å². The predicted molar refractivity (Wildman–Crippen MR) is 109 cm³/mol. The van der Waals surface area contributed by atoms with Crippen molar-refractivity contribution in [3.63, 3.8) is 0 Å². The first kappa shape index (κ1) is 17.4. The molecule has 0 unspecified atom stereocenters. The molecule has 28 heavy (non-hydrogen) atoms. The van der Waals surface area contributed by atoms with Crippen molar-refractivity contribution in [1.29, 1.82) is 0 Å². The van der Waals surface area contributed by atoms with Crippen LogP contribution in [0.15, 0.2) is 39.5 Å². The average Bonchev–Trinajstić information content (AvgIpc) is 2.75. The number of methoxy groups -OCH3 is 1. The third-order valence-corrected chi connectivity index (χ3v) is 5.93. The zero-order valence-corrected chi connectivity index (χ0v) is 16.3. The summed E-state index contributed by atoms with van der Waals surface area (Å²) in [7, 11) is 1.65. The summed E-state index contributed by atoms with van der Waals surface area (Å²) < 4.78 is 17.1. The number of nitrogens with zero attached hydrogens (tertiary/aromatic N) is 1. The highest BCUT2D eigenvalue weighted by molar-refractivity contribution is 6.33. The Hall–Kier alpha value is -2.66. The number of aryl methyl sites for hydroxylation is 1. The van der Waals surface area contributed by atoms with Crippen LogP contribution in [0.1, 0.15) is 29.5 Å². The van der Waals surface area contributed by atoms with E-state index in [0.717, 1.165) is 59.2 Å². The molecule has 6 heteroatoms. The van der Waals surface area contributed by atoms with Gasteiger partial charge in [0.1, 0.15) is 17.1 Å². The van der Waals surface area contributed by atoms with Crippen molar-refractivity contribution in [3.8, 4) is 11.5 Å². The molecule has 0 atom stereocenters. The molecule has 0 amide bonds. The number of rotatable bonds is 2. The lowest BCUT2D eigenvalue weighted by atomic mass is 9.90. The van der Waals surface area contributed by atoms with Gasteiger partial charge in [-0.2, -0.15) is 0 Å². The highest BCUT2D eigenvalue weighted by Gasteiger charge is 2.27. The molecule has 1 aliphatic heterocycles. The Morgan fingerprint density at radius 1 is 1.11 bits per heavy atom. The molecule has 0 N–H and O–H groups in total. The molecule has 1 aliphatic carbocycles. The molecule has 5 rings (SSSR count). The van der Waals surface area contributed by atoms with Gasteiger partial charge < -0.3 is 18.8 Å². The fourth-order valence-electron chi connectivity index (χ4n) is 4.24. The first-order valence-electron chi connectivity index (χ1n) is 9.47. The van der Waals surface area contributed by atoms with Crippen LogP contribution in [0.25, 0.3) is 11.0 Å². The van der Waals surface area contributed by atoms with Crippen LogP contribution >= 0.6 is 11.6 Å². The summed E-state index contributed by atoms with van der Waals surface area (Å²) in [6.45, 7) is 0.905. The van der Waals surface area contributed by atoms with E-state index in [0.29, 0.717) is 29.6 Å². The minimum atomic E-state index is -0.231. The van der Waals surface area contributed by atoms with E-state index in [-0.39, 0.29) is 5.63 Å². The molecule has 0 fully saturated rings. The molecule has 2 aliphatic rings. The van der Waals surface area contributed by atoms with Gasteiger partial charge in [0.2, 0.25) is 0 Å². The Bertz CT molecular complexity index is 1140. The summed E-state index contributed by atoms with van der Waals surface area (Å²) in [6.07, 6.45) is 3.75. The lowest BCUT2D eigenvalue weighted by molar-refractivity contribution is 0.289. The van der Waals surface area contributed by atoms with Crippen LogP contribution in [-0.2, 0) is 19.4 Å². The maximum Gasteiger partial charge on any atom is 0.339 e. The molecule has 5 nitrogen and oxygen atoms in total. The summed E-state index contributed by atoms with van der Waals surface area (Å²) in [5.41, 5.74) is 4.04. The van der Waals surface area contributed by atoms with E-state index in [9.17, 15) is 4.79 Å². The van der Waals surface area contributed by atoms with E-state index < -0.39 is 0 Å². The minimum Gasteiger partial charge on any atom is -0.497 e. The number of benzene rings is 2. The van der Waals surface area contributed by atoms with Crippen LogP contribution in [0.5, 0.6) is 11.5 Å². The number of hydrogen-bond acceptors (Lipinski definition) is 5. The largest absolute Gasteiger partial charge is 0.497 e. The highest BCUT2D eigenvalue weighted by Crippen LogP contribution is 2.41. The van der Waals surface area contributed by atoms with E-state index >= 15 is 0 Å². The summed E-state index contributed by atoms with van der Waals surface area (Å²) >= 11 is 6.56. The van der Waals surface area contributed by atoms with Crippen LogP contribution in [0, 0.1) is 0 Å². The van der Waals surface area contributed by atoms with E-state index in [1.807, 2.05) is 30.3 Å². The molecule has 144 valence electrons. The lowest BCUT2D eigenvalue weighted by Gasteiger charge is -2.32. The van der Waals surface area contributed by atoms with Crippen molar-refractivity contribution < 1.29 is 13.9 Å². The molecule has 0 bridgehead atoms. The quantitative estimate of drug-likeness (QED) is 0.587. The van der Waals surface area contributed by atoms with E-state index in [4.69, 9.17) is 25.5 Å². The monoisotopic (exact) mass is 397 g/mol. The predicted octanol–water partition coefficient (Wildman–Crippen LogP) is 4.69. The van der Waals surface area contributed by atoms with Crippen LogP contribution in [0.2, 0.25) is 5.02 Å². The zero-order valence-electron chi connectivity index (χ0n) is 15.6. The fourth-order valence-corrected chi connectivity index (χ4v) is 4.52. The van der Waals surface area contributed by atoms with Gasteiger partial charge in [0, 0.05) is 22.7 Å². The van der Waals surface area contributed by atoms with E-state index in [2.05, 4.69) is 4.90 Å². The van der Waals surface area contributed by atoms with Crippen LogP contribution < -0.4 is 20.0 Å². The molecule has 1 aromatic heterocycles. The molecule has 0 spiro atoms. The molecule has 0 saturated heterocycles. The first-order valence-corrected chi connectivity index (χ1v) is 9.85. The Balaban J connectivity index is 1.66. The molecule has 0 radical (unpaired) electrons. The number of anilines is 1. The second-order valence-electron chi connectivity index (χ2n) is 7.27. The van der Waals surface area contributed by atoms with Gasteiger partial charge in [0.25, 0.3) is 0 Å². The first-order chi connectivity index (χ1) is 13.7. The van der Waals surface area contributed by atoms with Crippen LogP contribution in [0.4, 0.5) is 5.69 Å². The van der Waals surface area contributed by atoms with Crippen molar-refractivity contribution in [3.05, 3.63) is 62.5 Å². The normalized spacial score (nSPS) is 15.7. The molecular formula is C22H20ClNO4. The standard InChI is InChI=1S/C22H20ClNO4/c1-26-14-6-4-5-13(9-14)24-11-18-20-17(10-19(23)21(18)27-12-24)15-7-2-3-8-16(15)22(25)28-20/h4-6,9-10H,2-3,7-8,11-12H2,1H3. The van der Waals surface area contributed by atoms with Gasteiger partial charge in [0.15, 0.2) is 6.73 Å². The Labute approximate surface area is 167 Å². The van der Waals surface area contributed by atoms with Crippen molar-refractivity contribution in [2.75, 3.05) is 18.7 Å². The van der Waals surface area contributed by atoms with Gasteiger partial charge in [0.05, 0.1) is 24.2 Å². The zero-order chi connectivity index (χ0) is 19.3. The third-order valence-electron chi connectivity index (χ3n) is 5.65. The van der Waals surface area contributed by atoms with Crippen molar-refractivity contribution >= 4 is 28.3 Å². The van der Waals surface area contributed by atoms with Gasteiger partial charge in [-0.25, -0.2) is 4.79 Å². The van der Waals surface area contributed by atoms with Crippen molar-refractivity contribution in [1.82, 2.24) is 0 Å². The number of halogens is 1. The fraction of sp³-hybridized carbons (Fsp3) is 0.318. The Morgan fingerprint density at radius 3 is 2.75 bits per heavy atom. The SMILES string of the molecule is COc1cccc(N2COc3c(Cl)cc4c5c(c(=O)oc4c3C2)CCCC5)c1. The Kier molecular flexibility index (Phi) is 4.20. The van der Waals surface area contributed by atoms with Gasteiger partial charge in [-0.15, -0.1) is 0 Å². The van der Waals surface area contributed by atoms with Crippen LogP contribution in [0.3, 0.4) is 0 Å². The maximum atomic E-state index is 12.6.